The molecular weight excluding hydrogens is 267 g/mol. The number of benzene rings is 1. The molecule has 3 N–H and O–H groups in total. The van der Waals surface area contributed by atoms with Crippen molar-refractivity contribution in [3.63, 3.8) is 0 Å². The van der Waals surface area contributed by atoms with Gasteiger partial charge in [-0.15, -0.1) is 0 Å². The van der Waals surface area contributed by atoms with Crippen LogP contribution >= 0.6 is 0 Å². The van der Waals surface area contributed by atoms with Crippen LogP contribution in [0.25, 0.3) is 0 Å². The third-order valence-electron chi connectivity index (χ3n) is 2.52. The van der Waals surface area contributed by atoms with Crippen molar-refractivity contribution in [2.75, 3.05) is 5.32 Å². The van der Waals surface area contributed by atoms with Gasteiger partial charge in [0.05, 0.1) is 23.8 Å². The molecule has 2 aromatic rings. The number of nitrogens with one attached hydrogen (secondary N) is 2. The molecule has 20 heavy (non-hydrogen) atoms. The number of anilines is 1. The highest BCUT2D eigenvalue weighted by atomic mass is 19.1. The lowest BCUT2D eigenvalue weighted by Crippen LogP contribution is -2.29. The van der Waals surface area contributed by atoms with Crippen molar-refractivity contribution in [2.45, 2.75) is 6.54 Å². The average molecular weight is 278 g/mol. The Kier molecular flexibility index (Phi) is 3.99. The molecule has 0 spiro atoms. The number of carboxylic acid groups (broad SMARTS) is 1. The Morgan fingerprint density at radius 2 is 2.10 bits per heavy atom. The van der Waals surface area contributed by atoms with Crippen molar-refractivity contribution in [1.29, 1.82) is 0 Å². The van der Waals surface area contributed by atoms with E-state index in [9.17, 15) is 14.0 Å². The first-order valence-corrected chi connectivity index (χ1v) is 5.65. The average Bonchev–Trinajstić information content (AvgIpc) is 2.91. The highest BCUT2D eigenvalue weighted by molar-refractivity contribution is 6.00. The van der Waals surface area contributed by atoms with Crippen molar-refractivity contribution < 1.29 is 23.5 Å². The van der Waals surface area contributed by atoms with Crippen molar-refractivity contribution >= 4 is 17.7 Å². The van der Waals surface area contributed by atoms with E-state index >= 15 is 0 Å². The smallest absolute Gasteiger partial charge is 0.337 e. The number of rotatable bonds is 4. The fourth-order valence-electron chi connectivity index (χ4n) is 1.56. The SMILES string of the molecule is O=C(NCc1ccoc1)Nc1c(F)cccc1C(=O)O. The van der Waals surface area contributed by atoms with E-state index in [0.717, 1.165) is 11.6 Å². The number of hydrogen-bond donors (Lipinski definition) is 3. The van der Waals surface area contributed by atoms with Crippen LogP contribution in [0.3, 0.4) is 0 Å². The molecule has 1 heterocycles. The van der Waals surface area contributed by atoms with Crippen LogP contribution in [-0.2, 0) is 6.54 Å². The Hall–Kier alpha value is -2.83. The van der Waals surface area contributed by atoms with Crippen molar-refractivity contribution in [2.24, 2.45) is 0 Å². The van der Waals surface area contributed by atoms with E-state index in [4.69, 9.17) is 9.52 Å². The third kappa shape index (κ3) is 3.14. The second-order valence-electron chi connectivity index (χ2n) is 3.91. The number of aromatic carboxylic acids is 1. The summed E-state index contributed by atoms with van der Waals surface area (Å²) in [6, 6.07) is 4.48. The zero-order valence-corrected chi connectivity index (χ0v) is 10.2. The molecule has 0 radical (unpaired) electrons. The quantitative estimate of drug-likeness (QED) is 0.801. The predicted octanol–water partition coefficient (Wildman–Crippen LogP) is 2.44. The normalized spacial score (nSPS) is 10.1. The molecule has 0 aliphatic rings. The lowest BCUT2D eigenvalue weighted by Gasteiger charge is -2.10. The minimum Gasteiger partial charge on any atom is -0.478 e. The van der Waals surface area contributed by atoms with Crippen molar-refractivity contribution in [3.05, 3.63) is 53.7 Å². The van der Waals surface area contributed by atoms with E-state index in [2.05, 4.69) is 10.6 Å². The van der Waals surface area contributed by atoms with Crippen LogP contribution in [-0.4, -0.2) is 17.1 Å². The second kappa shape index (κ2) is 5.87. The fraction of sp³-hybridized carbons (Fsp3) is 0.0769. The number of carbonyl (C=O) groups is 2. The lowest BCUT2D eigenvalue weighted by atomic mass is 10.1. The first-order valence-electron chi connectivity index (χ1n) is 5.65. The van der Waals surface area contributed by atoms with Crippen molar-refractivity contribution in [3.8, 4) is 0 Å². The molecule has 0 fully saturated rings. The first-order chi connectivity index (χ1) is 9.58. The molecule has 0 atom stereocenters. The maximum Gasteiger partial charge on any atom is 0.337 e. The van der Waals surface area contributed by atoms with Crippen LogP contribution in [0.2, 0.25) is 0 Å². The Labute approximate surface area is 113 Å². The summed E-state index contributed by atoms with van der Waals surface area (Å²) in [5.41, 5.74) is 0.0419. The van der Waals surface area contributed by atoms with Crippen molar-refractivity contribution in [1.82, 2.24) is 5.32 Å². The van der Waals surface area contributed by atoms with Gasteiger partial charge in [0.15, 0.2) is 0 Å². The molecule has 0 saturated heterocycles. The zero-order chi connectivity index (χ0) is 14.5. The number of halogens is 1. The summed E-state index contributed by atoms with van der Waals surface area (Å²) in [7, 11) is 0. The molecule has 0 aliphatic heterocycles. The van der Waals surface area contributed by atoms with Crippen LogP contribution in [0.1, 0.15) is 15.9 Å². The van der Waals surface area contributed by atoms with Gasteiger partial charge in [-0.1, -0.05) is 6.07 Å². The largest absolute Gasteiger partial charge is 0.478 e. The molecule has 1 aromatic carbocycles. The fourth-order valence-corrected chi connectivity index (χ4v) is 1.56. The van der Waals surface area contributed by atoms with Gasteiger partial charge in [-0.05, 0) is 18.2 Å². The number of carbonyl (C=O) groups excluding carboxylic acids is 1. The minimum absolute atomic E-state index is 0.180. The molecule has 2 amide bonds. The van der Waals surface area contributed by atoms with Gasteiger partial charge >= 0.3 is 12.0 Å². The molecule has 2 rings (SSSR count). The Bertz CT molecular complexity index is 625. The monoisotopic (exact) mass is 278 g/mol. The summed E-state index contributed by atoms with van der Waals surface area (Å²) in [4.78, 5) is 22.6. The van der Waals surface area contributed by atoms with Crippen LogP contribution in [0.15, 0.2) is 41.2 Å². The molecule has 6 nitrogen and oxygen atoms in total. The van der Waals surface area contributed by atoms with E-state index < -0.39 is 17.8 Å². The standard InChI is InChI=1S/C13H11FN2O4/c14-10-3-1-2-9(12(17)18)11(10)16-13(19)15-6-8-4-5-20-7-8/h1-5,7H,6H2,(H,17,18)(H2,15,16,19). The van der Waals surface area contributed by atoms with Gasteiger partial charge < -0.3 is 20.2 Å². The lowest BCUT2D eigenvalue weighted by molar-refractivity contribution is 0.0697. The van der Waals surface area contributed by atoms with Crippen LogP contribution < -0.4 is 10.6 Å². The highest BCUT2D eigenvalue weighted by Gasteiger charge is 2.16. The summed E-state index contributed by atoms with van der Waals surface area (Å²) in [5, 5.41) is 13.6. The number of para-hydroxylation sites is 1. The number of carboxylic acids is 1. The van der Waals surface area contributed by atoms with Gasteiger partial charge in [-0.2, -0.15) is 0 Å². The molecule has 7 heteroatoms. The first kappa shape index (κ1) is 13.6. The van der Waals surface area contributed by atoms with Gasteiger partial charge in [0.25, 0.3) is 0 Å². The Morgan fingerprint density at radius 1 is 1.30 bits per heavy atom. The molecule has 1 aromatic heterocycles. The van der Waals surface area contributed by atoms with Gasteiger partial charge in [0, 0.05) is 12.1 Å². The van der Waals surface area contributed by atoms with Gasteiger partial charge in [0.1, 0.15) is 5.82 Å². The van der Waals surface area contributed by atoms with Gasteiger partial charge in [0.2, 0.25) is 0 Å². The topological polar surface area (TPSA) is 91.6 Å². The molecular formula is C13H11FN2O4. The summed E-state index contributed by atoms with van der Waals surface area (Å²) in [6.45, 7) is 0.180. The van der Waals surface area contributed by atoms with Gasteiger partial charge in [-0.25, -0.2) is 14.0 Å². The predicted molar refractivity (Wildman–Crippen MR) is 67.9 cm³/mol. The van der Waals surface area contributed by atoms with E-state index in [1.807, 2.05) is 0 Å². The van der Waals surface area contributed by atoms with Crippen LogP contribution in [0.4, 0.5) is 14.9 Å². The number of amides is 2. The van der Waals surface area contributed by atoms with E-state index in [-0.39, 0.29) is 17.8 Å². The Balaban J connectivity index is 2.06. The summed E-state index contributed by atoms with van der Waals surface area (Å²) >= 11 is 0. The van der Waals surface area contributed by atoms with E-state index in [1.165, 1.54) is 24.7 Å². The number of urea groups is 1. The minimum atomic E-state index is -1.32. The summed E-state index contributed by atoms with van der Waals surface area (Å²) in [5.74, 6) is -2.14. The third-order valence-corrected chi connectivity index (χ3v) is 2.52. The highest BCUT2D eigenvalue weighted by Crippen LogP contribution is 2.19. The summed E-state index contributed by atoms with van der Waals surface area (Å²) < 4.78 is 18.4. The molecule has 0 bridgehead atoms. The summed E-state index contributed by atoms with van der Waals surface area (Å²) in [6.07, 6.45) is 2.90. The molecule has 0 saturated carbocycles. The van der Waals surface area contributed by atoms with E-state index in [1.54, 1.807) is 6.07 Å². The van der Waals surface area contributed by atoms with Gasteiger partial charge in [-0.3, -0.25) is 0 Å². The van der Waals surface area contributed by atoms with E-state index in [0.29, 0.717) is 0 Å². The second-order valence-corrected chi connectivity index (χ2v) is 3.91. The van der Waals surface area contributed by atoms with Crippen LogP contribution in [0.5, 0.6) is 0 Å². The molecule has 0 aliphatic carbocycles. The molecule has 0 unspecified atom stereocenters. The number of hydrogen-bond acceptors (Lipinski definition) is 3. The zero-order valence-electron chi connectivity index (χ0n) is 10.2. The maximum atomic E-state index is 13.6. The maximum absolute atomic E-state index is 13.6. The molecule has 104 valence electrons. The van der Waals surface area contributed by atoms with Crippen LogP contribution in [0, 0.1) is 5.82 Å². The number of furan rings is 1. The Morgan fingerprint density at radius 3 is 2.75 bits per heavy atom.